The summed E-state index contributed by atoms with van der Waals surface area (Å²) in [6, 6.07) is 8.24. The van der Waals surface area contributed by atoms with Gasteiger partial charge in [-0.1, -0.05) is 23.7 Å². The predicted octanol–water partition coefficient (Wildman–Crippen LogP) is 2.36. The van der Waals surface area contributed by atoms with Gasteiger partial charge >= 0.3 is 5.97 Å². The monoisotopic (exact) mass is 265 g/mol. The number of esters is 1. The van der Waals surface area contributed by atoms with Crippen molar-refractivity contribution in [2.45, 2.75) is 13.5 Å². The smallest absolute Gasteiger partial charge is 0.362 e. The van der Waals surface area contributed by atoms with Crippen LogP contribution in [0.4, 0.5) is 5.82 Å². The Bertz CT molecular complexity index is 580. The first-order valence-corrected chi connectivity index (χ1v) is 5.79. The number of rotatable bonds is 3. The molecule has 0 unspecified atom stereocenters. The normalized spacial score (nSPS) is 10.3. The van der Waals surface area contributed by atoms with E-state index in [0.717, 1.165) is 0 Å². The number of nitrogens with two attached hydrogens (primary N) is 1. The van der Waals surface area contributed by atoms with Gasteiger partial charge in [-0.2, -0.15) is 5.10 Å². The number of anilines is 1. The average Bonchev–Trinajstić information content (AvgIpc) is 2.73. The van der Waals surface area contributed by atoms with Gasteiger partial charge in [0.15, 0.2) is 0 Å². The molecular weight excluding hydrogens is 254 g/mol. The molecule has 0 radical (unpaired) electrons. The van der Waals surface area contributed by atoms with Gasteiger partial charge in [0.25, 0.3) is 0 Å². The minimum Gasteiger partial charge on any atom is -0.420 e. The van der Waals surface area contributed by atoms with Crippen molar-refractivity contribution >= 4 is 23.4 Å². The van der Waals surface area contributed by atoms with Crippen LogP contribution in [0.15, 0.2) is 30.3 Å². The van der Waals surface area contributed by atoms with Gasteiger partial charge in [0.1, 0.15) is 17.3 Å². The summed E-state index contributed by atoms with van der Waals surface area (Å²) in [5.41, 5.74) is 5.85. The van der Waals surface area contributed by atoms with Crippen molar-refractivity contribution in [3.63, 3.8) is 0 Å². The third kappa shape index (κ3) is 2.46. The topological polar surface area (TPSA) is 70.1 Å². The molecule has 0 fully saturated rings. The lowest BCUT2D eigenvalue weighted by molar-refractivity contribution is 0.0722. The predicted molar refractivity (Wildman–Crippen MR) is 68.7 cm³/mol. The maximum Gasteiger partial charge on any atom is 0.362 e. The molecule has 5 nitrogen and oxygen atoms in total. The number of hydrogen-bond acceptors (Lipinski definition) is 4. The third-order valence-electron chi connectivity index (χ3n) is 2.35. The molecule has 0 spiro atoms. The molecule has 6 heteroatoms. The Labute approximate surface area is 109 Å². The van der Waals surface area contributed by atoms with Crippen LogP contribution < -0.4 is 10.5 Å². The van der Waals surface area contributed by atoms with Crippen LogP contribution in [-0.2, 0) is 6.54 Å². The van der Waals surface area contributed by atoms with Gasteiger partial charge in [0.05, 0.1) is 5.02 Å². The Balaban J connectivity index is 2.25. The van der Waals surface area contributed by atoms with Crippen molar-refractivity contribution in [3.05, 3.63) is 41.0 Å². The Morgan fingerprint density at radius 2 is 2.22 bits per heavy atom. The van der Waals surface area contributed by atoms with Crippen LogP contribution in [-0.4, -0.2) is 15.7 Å². The Hall–Kier alpha value is -2.01. The lowest BCUT2D eigenvalue weighted by Crippen LogP contribution is -2.15. The number of nitrogens with zero attached hydrogens (tertiary/aromatic N) is 2. The number of nitrogen functional groups attached to an aromatic ring is 1. The maximum absolute atomic E-state index is 12.0. The highest BCUT2D eigenvalue weighted by Gasteiger charge is 2.16. The lowest BCUT2D eigenvalue weighted by atomic mass is 10.3. The van der Waals surface area contributed by atoms with E-state index in [1.165, 1.54) is 10.7 Å². The summed E-state index contributed by atoms with van der Waals surface area (Å²) < 4.78 is 6.68. The molecule has 1 heterocycles. The zero-order chi connectivity index (χ0) is 13.1. The molecular formula is C12H12ClN3O2. The van der Waals surface area contributed by atoms with E-state index >= 15 is 0 Å². The fraction of sp³-hybridized carbons (Fsp3) is 0.167. The molecule has 1 aromatic carbocycles. The van der Waals surface area contributed by atoms with Gasteiger partial charge in [-0.15, -0.1) is 0 Å². The number of ether oxygens (including phenoxy) is 1. The highest BCUT2D eigenvalue weighted by atomic mass is 35.5. The van der Waals surface area contributed by atoms with E-state index in [9.17, 15) is 4.79 Å². The average molecular weight is 266 g/mol. The number of carbonyl (C=O) groups is 1. The van der Waals surface area contributed by atoms with E-state index in [-0.39, 0.29) is 5.82 Å². The minimum atomic E-state index is -0.533. The summed E-state index contributed by atoms with van der Waals surface area (Å²) in [5, 5.41) is 4.35. The molecule has 2 N–H and O–H groups in total. The van der Waals surface area contributed by atoms with Crippen LogP contribution >= 0.6 is 11.6 Å². The molecule has 0 bridgehead atoms. The Kier molecular flexibility index (Phi) is 3.53. The van der Waals surface area contributed by atoms with Crippen molar-refractivity contribution in [2.75, 3.05) is 5.73 Å². The summed E-state index contributed by atoms with van der Waals surface area (Å²) in [5.74, 6) is 0.0590. The molecule has 1 aromatic heterocycles. The maximum atomic E-state index is 12.0. The second-order valence-corrected chi connectivity index (χ2v) is 4.00. The van der Waals surface area contributed by atoms with Crippen LogP contribution in [0.25, 0.3) is 0 Å². The van der Waals surface area contributed by atoms with Gasteiger partial charge in [-0.25, -0.2) is 4.79 Å². The summed E-state index contributed by atoms with van der Waals surface area (Å²) in [6.07, 6.45) is 0. The van der Waals surface area contributed by atoms with Crippen molar-refractivity contribution in [2.24, 2.45) is 0 Å². The second-order valence-electron chi connectivity index (χ2n) is 3.59. The zero-order valence-corrected chi connectivity index (χ0v) is 10.5. The standard InChI is InChI=1S/C12H12ClN3O2/c1-2-16-9(7-11(14)15-16)12(17)18-10-6-4-3-5-8(10)13/h3-7H,2H2,1H3,(H2,14,15). The van der Waals surface area contributed by atoms with E-state index in [0.29, 0.717) is 23.0 Å². The van der Waals surface area contributed by atoms with Crippen LogP contribution in [0.5, 0.6) is 5.75 Å². The molecule has 0 amide bonds. The summed E-state index contributed by atoms with van der Waals surface area (Å²) in [7, 11) is 0. The number of hydrogen-bond donors (Lipinski definition) is 1. The second kappa shape index (κ2) is 5.10. The largest absolute Gasteiger partial charge is 0.420 e. The highest BCUT2D eigenvalue weighted by molar-refractivity contribution is 6.32. The molecule has 0 atom stereocenters. The number of benzene rings is 1. The molecule has 94 valence electrons. The lowest BCUT2D eigenvalue weighted by Gasteiger charge is -2.06. The number of para-hydroxylation sites is 1. The van der Waals surface area contributed by atoms with Crippen LogP contribution in [0.2, 0.25) is 5.02 Å². The minimum absolute atomic E-state index is 0.281. The van der Waals surface area contributed by atoms with Crippen LogP contribution in [0.3, 0.4) is 0 Å². The number of aryl methyl sites for hydroxylation is 1. The van der Waals surface area contributed by atoms with Crippen molar-refractivity contribution in [1.29, 1.82) is 0 Å². The van der Waals surface area contributed by atoms with Crippen molar-refractivity contribution < 1.29 is 9.53 Å². The van der Waals surface area contributed by atoms with E-state index in [1.807, 2.05) is 6.92 Å². The van der Waals surface area contributed by atoms with Gasteiger partial charge in [-0.3, -0.25) is 4.68 Å². The van der Waals surface area contributed by atoms with Crippen LogP contribution in [0.1, 0.15) is 17.4 Å². The molecule has 0 saturated carbocycles. The third-order valence-corrected chi connectivity index (χ3v) is 2.66. The first kappa shape index (κ1) is 12.4. The molecule has 0 aliphatic carbocycles. The fourth-order valence-electron chi connectivity index (χ4n) is 1.52. The summed E-state index contributed by atoms with van der Waals surface area (Å²) in [6.45, 7) is 2.39. The Morgan fingerprint density at radius 3 is 2.89 bits per heavy atom. The number of aromatic nitrogens is 2. The zero-order valence-electron chi connectivity index (χ0n) is 9.76. The van der Waals surface area contributed by atoms with Gasteiger partial charge in [0, 0.05) is 12.6 Å². The molecule has 2 rings (SSSR count). The summed E-state index contributed by atoms with van der Waals surface area (Å²) in [4.78, 5) is 12.0. The number of halogens is 1. The van der Waals surface area contributed by atoms with Gasteiger partial charge < -0.3 is 10.5 Å². The molecule has 2 aromatic rings. The van der Waals surface area contributed by atoms with Crippen molar-refractivity contribution in [1.82, 2.24) is 9.78 Å². The molecule has 0 saturated heterocycles. The van der Waals surface area contributed by atoms with Crippen molar-refractivity contribution in [3.8, 4) is 5.75 Å². The molecule has 0 aliphatic heterocycles. The van der Waals surface area contributed by atoms with Gasteiger partial charge in [-0.05, 0) is 19.1 Å². The van der Waals surface area contributed by atoms with E-state index in [2.05, 4.69) is 5.10 Å². The highest BCUT2D eigenvalue weighted by Crippen LogP contribution is 2.24. The van der Waals surface area contributed by atoms with E-state index in [1.54, 1.807) is 24.3 Å². The van der Waals surface area contributed by atoms with E-state index in [4.69, 9.17) is 22.1 Å². The molecule has 18 heavy (non-hydrogen) atoms. The quantitative estimate of drug-likeness (QED) is 0.683. The van der Waals surface area contributed by atoms with E-state index < -0.39 is 5.97 Å². The fourth-order valence-corrected chi connectivity index (χ4v) is 1.70. The number of carbonyl (C=O) groups excluding carboxylic acids is 1. The van der Waals surface area contributed by atoms with Gasteiger partial charge in [0.2, 0.25) is 0 Å². The first-order valence-electron chi connectivity index (χ1n) is 5.42. The SMILES string of the molecule is CCn1nc(N)cc1C(=O)Oc1ccccc1Cl. The Morgan fingerprint density at radius 1 is 1.50 bits per heavy atom. The first-order chi connectivity index (χ1) is 8.61. The summed E-state index contributed by atoms with van der Waals surface area (Å²) >= 11 is 5.91. The van der Waals surface area contributed by atoms with Crippen LogP contribution in [0, 0.1) is 0 Å². The molecule has 0 aliphatic rings.